The van der Waals surface area contributed by atoms with Gasteiger partial charge in [-0.15, -0.1) is 10.2 Å². The first-order chi connectivity index (χ1) is 10.7. The molecular formula is C13H15BrN4O2S2. The van der Waals surface area contributed by atoms with Crippen molar-refractivity contribution in [3.63, 3.8) is 0 Å². The summed E-state index contributed by atoms with van der Waals surface area (Å²) < 4.78 is 6.68. The number of amides is 1. The molecule has 1 aromatic carbocycles. The van der Waals surface area contributed by atoms with E-state index in [1.54, 1.807) is 7.11 Å². The van der Waals surface area contributed by atoms with E-state index in [1.165, 1.54) is 23.1 Å². The minimum Gasteiger partial charge on any atom is -0.383 e. The second-order valence-electron chi connectivity index (χ2n) is 4.14. The lowest BCUT2D eigenvalue weighted by Crippen LogP contribution is -2.13. The second-order valence-corrected chi connectivity index (χ2v) is 7.25. The largest absolute Gasteiger partial charge is 0.383 e. The molecule has 1 amide bonds. The van der Waals surface area contributed by atoms with Gasteiger partial charge in [0.2, 0.25) is 11.0 Å². The number of ether oxygens (including phenoxy) is 1. The number of carbonyl (C=O) groups excluding carboxylic acids is 1. The Bertz CT molecular complexity index is 606. The van der Waals surface area contributed by atoms with Crippen molar-refractivity contribution in [2.45, 2.75) is 4.34 Å². The van der Waals surface area contributed by atoms with Crippen molar-refractivity contribution < 1.29 is 9.53 Å². The summed E-state index contributed by atoms with van der Waals surface area (Å²) in [6, 6.07) is 7.45. The fourth-order valence-electron chi connectivity index (χ4n) is 1.46. The molecule has 2 rings (SSSR count). The van der Waals surface area contributed by atoms with E-state index in [9.17, 15) is 4.79 Å². The molecule has 1 heterocycles. The normalized spacial score (nSPS) is 10.5. The highest BCUT2D eigenvalue weighted by Crippen LogP contribution is 2.25. The highest BCUT2D eigenvalue weighted by atomic mass is 79.9. The van der Waals surface area contributed by atoms with Crippen LogP contribution >= 0.6 is 39.0 Å². The van der Waals surface area contributed by atoms with Gasteiger partial charge in [-0.05, 0) is 24.3 Å². The van der Waals surface area contributed by atoms with E-state index < -0.39 is 0 Å². The van der Waals surface area contributed by atoms with Crippen LogP contribution in [-0.4, -0.2) is 42.1 Å². The zero-order valence-electron chi connectivity index (χ0n) is 11.8. The van der Waals surface area contributed by atoms with Crippen LogP contribution in [0.5, 0.6) is 0 Å². The third-order valence-electron chi connectivity index (χ3n) is 2.44. The minimum atomic E-state index is -0.0728. The molecule has 2 N–H and O–H groups in total. The number of nitrogens with zero attached hydrogens (tertiary/aromatic N) is 2. The zero-order valence-corrected chi connectivity index (χ0v) is 15.1. The monoisotopic (exact) mass is 402 g/mol. The molecule has 0 saturated carbocycles. The average molecular weight is 403 g/mol. The first kappa shape index (κ1) is 17.2. The van der Waals surface area contributed by atoms with Crippen LogP contribution in [0.15, 0.2) is 33.1 Å². The summed E-state index contributed by atoms with van der Waals surface area (Å²) in [5.74, 6) is 0.222. The Morgan fingerprint density at radius 2 is 2.14 bits per heavy atom. The number of hydrogen-bond acceptors (Lipinski definition) is 7. The van der Waals surface area contributed by atoms with Crippen molar-refractivity contribution in [3.8, 4) is 0 Å². The molecule has 9 heteroatoms. The van der Waals surface area contributed by atoms with E-state index in [2.05, 4.69) is 36.8 Å². The standard InChI is InChI=1S/C13H15BrN4O2S2/c1-20-7-6-15-12-17-18-13(22-12)21-8-11(19)16-10-4-2-9(14)3-5-10/h2-5H,6-8H2,1H3,(H,15,17)(H,16,19). The number of hydrogen-bond donors (Lipinski definition) is 2. The lowest BCUT2D eigenvalue weighted by Gasteiger charge is -2.03. The molecule has 0 atom stereocenters. The molecule has 1 aromatic heterocycles. The van der Waals surface area contributed by atoms with Gasteiger partial charge in [-0.2, -0.15) is 0 Å². The molecule has 0 saturated heterocycles. The van der Waals surface area contributed by atoms with Crippen molar-refractivity contribution in [3.05, 3.63) is 28.7 Å². The predicted octanol–water partition coefficient (Wildman–Crippen LogP) is 3.09. The fraction of sp³-hybridized carbons (Fsp3) is 0.308. The maximum atomic E-state index is 11.9. The summed E-state index contributed by atoms with van der Waals surface area (Å²) in [4.78, 5) is 11.9. The number of anilines is 2. The number of benzene rings is 1. The summed E-state index contributed by atoms with van der Waals surface area (Å²) in [7, 11) is 1.65. The molecule has 118 valence electrons. The van der Waals surface area contributed by atoms with Gasteiger partial charge in [0.1, 0.15) is 0 Å². The number of thioether (sulfide) groups is 1. The Kier molecular flexibility index (Phi) is 7.10. The molecule has 22 heavy (non-hydrogen) atoms. The van der Waals surface area contributed by atoms with Crippen LogP contribution in [0.3, 0.4) is 0 Å². The molecule has 0 spiro atoms. The third-order valence-corrected chi connectivity index (χ3v) is 4.99. The van der Waals surface area contributed by atoms with E-state index in [4.69, 9.17) is 4.74 Å². The summed E-state index contributed by atoms with van der Waals surface area (Å²) in [6.07, 6.45) is 0. The molecule has 0 bridgehead atoms. The first-order valence-electron chi connectivity index (χ1n) is 6.42. The van der Waals surface area contributed by atoms with Crippen LogP contribution in [0.25, 0.3) is 0 Å². The summed E-state index contributed by atoms with van der Waals surface area (Å²) in [5, 5.41) is 14.7. The van der Waals surface area contributed by atoms with E-state index in [-0.39, 0.29) is 5.91 Å². The van der Waals surface area contributed by atoms with E-state index in [0.717, 1.165) is 19.6 Å². The van der Waals surface area contributed by atoms with E-state index in [1.807, 2.05) is 24.3 Å². The van der Waals surface area contributed by atoms with Gasteiger partial charge in [0.25, 0.3) is 0 Å². The van der Waals surface area contributed by atoms with Gasteiger partial charge in [-0.25, -0.2) is 0 Å². The molecule has 0 aliphatic heterocycles. The van der Waals surface area contributed by atoms with Crippen molar-refractivity contribution >= 4 is 55.8 Å². The Morgan fingerprint density at radius 1 is 1.36 bits per heavy atom. The number of nitrogens with one attached hydrogen (secondary N) is 2. The topological polar surface area (TPSA) is 76.1 Å². The minimum absolute atomic E-state index is 0.0728. The maximum Gasteiger partial charge on any atom is 0.234 e. The Morgan fingerprint density at radius 3 is 2.86 bits per heavy atom. The highest BCUT2D eigenvalue weighted by molar-refractivity contribution is 9.10. The van der Waals surface area contributed by atoms with E-state index in [0.29, 0.717) is 18.9 Å². The quantitative estimate of drug-likeness (QED) is 0.521. The van der Waals surface area contributed by atoms with Crippen molar-refractivity contribution in [2.75, 3.05) is 36.6 Å². The first-order valence-corrected chi connectivity index (χ1v) is 9.01. The molecule has 0 unspecified atom stereocenters. The van der Waals surface area contributed by atoms with Crippen molar-refractivity contribution in [2.24, 2.45) is 0 Å². The number of methoxy groups -OCH3 is 1. The predicted molar refractivity (Wildman–Crippen MR) is 93.8 cm³/mol. The van der Waals surface area contributed by atoms with E-state index >= 15 is 0 Å². The summed E-state index contributed by atoms with van der Waals surface area (Å²) in [5.41, 5.74) is 0.771. The number of carbonyl (C=O) groups is 1. The van der Waals surface area contributed by atoms with Crippen LogP contribution in [0, 0.1) is 0 Å². The number of rotatable bonds is 8. The van der Waals surface area contributed by atoms with Crippen molar-refractivity contribution in [1.82, 2.24) is 10.2 Å². The van der Waals surface area contributed by atoms with Crippen LogP contribution in [-0.2, 0) is 9.53 Å². The molecule has 0 aliphatic rings. The zero-order chi connectivity index (χ0) is 15.8. The van der Waals surface area contributed by atoms with Gasteiger partial charge in [0, 0.05) is 23.8 Å². The average Bonchev–Trinajstić information content (AvgIpc) is 2.96. The Hall–Kier alpha value is -1.16. The summed E-state index contributed by atoms with van der Waals surface area (Å²) >= 11 is 6.14. The van der Waals surface area contributed by atoms with Gasteiger partial charge < -0.3 is 15.4 Å². The number of halogens is 1. The SMILES string of the molecule is COCCNc1nnc(SCC(=O)Nc2ccc(Br)cc2)s1. The van der Waals surface area contributed by atoms with Crippen LogP contribution in [0.1, 0.15) is 0 Å². The van der Waals surface area contributed by atoms with Crippen LogP contribution in [0.4, 0.5) is 10.8 Å². The smallest absolute Gasteiger partial charge is 0.234 e. The van der Waals surface area contributed by atoms with Gasteiger partial charge in [-0.3, -0.25) is 4.79 Å². The lowest BCUT2D eigenvalue weighted by atomic mass is 10.3. The van der Waals surface area contributed by atoms with Gasteiger partial charge >= 0.3 is 0 Å². The fourth-order valence-corrected chi connectivity index (χ4v) is 3.30. The molecule has 6 nitrogen and oxygen atoms in total. The molecule has 0 fully saturated rings. The Labute approximate surface area is 145 Å². The van der Waals surface area contributed by atoms with Gasteiger partial charge in [0.05, 0.1) is 12.4 Å². The molecule has 2 aromatic rings. The lowest BCUT2D eigenvalue weighted by molar-refractivity contribution is -0.113. The number of aromatic nitrogens is 2. The Balaban J connectivity index is 1.75. The van der Waals surface area contributed by atoms with Gasteiger partial charge in [0.15, 0.2) is 4.34 Å². The van der Waals surface area contributed by atoms with Gasteiger partial charge in [-0.1, -0.05) is 39.0 Å². The molecule has 0 radical (unpaired) electrons. The van der Waals surface area contributed by atoms with Crippen LogP contribution < -0.4 is 10.6 Å². The summed E-state index contributed by atoms with van der Waals surface area (Å²) in [6.45, 7) is 1.29. The molecule has 0 aliphatic carbocycles. The maximum absolute atomic E-state index is 11.9. The second kappa shape index (κ2) is 9.09. The molecular weight excluding hydrogens is 388 g/mol. The van der Waals surface area contributed by atoms with Crippen LogP contribution in [0.2, 0.25) is 0 Å². The van der Waals surface area contributed by atoms with Crippen molar-refractivity contribution in [1.29, 1.82) is 0 Å². The highest BCUT2D eigenvalue weighted by Gasteiger charge is 2.08. The third kappa shape index (κ3) is 5.91.